The highest BCUT2D eigenvalue weighted by Crippen LogP contribution is 2.37. The van der Waals surface area contributed by atoms with Crippen LogP contribution in [0.2, 0.25) is 0 Å². The first-order valence-corrected chi connectivity index (χ1v) is 12.2. The van der Waals surface area contributed by atoms with Crippen LogP contribution in [-0.4, -0.2) is 71.5 Å². The Kier molecular flexibility index (Phi) is 10.4. The minimum Gasteiger partial charge on any atom is -0.480 e. The maximum Gasteiger partial charge on any atom is 0.326 e. The molecule has 0 radical (unpaired) electrons. The predicted molar refractivity (Wildman–Crippen MR) is 130 cm³/mol. The normalized spacial score (nSPS) is 21.4. The van der Waals surface area contributed by atoms with Crippen LogP contribution in [-0.2, 0) is 24.6 Å². The van der Waals surface area contributed by atoms with E-state index in [1.165, 1.54) is 0 Å². The fourth-order valence-electron chi connectivity index (χ4n) is 4.68. The number of aldehydes is 1. The number of rotatable bonds is 11. The van der Waals surface area contributed by atoms with Gasteiger partial charge in [-0.1, -0.05) is 39.3 Å². The molecule has 1 saturated heterocycles. The number of amides is 1. The summed E-state index contributed by atoms with van der Waals surface area (Å²) in [5.41, 5.74) is 1.03. The van der Waals surface area contributed by atoms with Crippen molar-refractivity contribution in [3.63, 3.8) is 0 Å². The van der Waals surface area contributed by atoms with Crippen molar-refractivity contribution in [1.29, 1.82) is 0 Å². The zero-order valence-electron chi connectivity index (χ0n) is 21.0. The van der Waals surface area contributed by atoms with E-state index in [2.05, 4.69) is 24.2 Å². The van der Waals surface area contributed by atoms with Gasteiger partial charge in [-0.2, -0.15) is 0 Å². The summed E-state index contributed by atoms with van der Waals surface area (Å²) in [4.78, 5) is 50.0. The summed E-state index contributed by atoms with van der Waals surface area (Å²) in [7, 11) is 2.11. The highest BCUT2D eigenvalue weighted by Gasteiger charge is 2.34. The van der Waals surface area contributed by atoms with E-state index in [0.717, 1.165) is 44.3 Å². The van der Waals surface area contributed by atoms with E-state index in [1.54, 1.807) is 19.9 Å². The summed E-state index contributed by atoms with van der Waals surface area (Å²) >= 11 is 0. The summed E-state index contributed by atoms with van der Waals surface area (Å²) in [6, 6.07) is 6.14. The molecule has 0 aliphatic carbocycles. The molecule has 0 spiro atoms. The number of aliphatic carboxylic acids is 1. The van der Waals surface area contributed by atoms with Crippen molar-refractivity contribution in [2.75, 3.05) is 20.1 Å². The van der Waals surface area contributed by atoms with Gasteiger partial charge in [-0.25, -0.2) is 4.79 Å². The van der Waals surface area contributed by atoms with Crippen LogP contribution < -0.4 is 10.1 Å². The number of carboxylic acid groups (broad SMARTS) is 1. The van der Waals surface area contributed by atoms with Crippen molar-refractivity contribution in [2.24, 2.45) is 11.8 Å². The quantitative estimate of drug-likeness (QED) is 0.244. The van der Waals surface area contributed by atoms with Gasteiger partial charge < -0.3 is 30.0 Å². The second kappa shape index (κ2) is 12.8. The molecule has 3 unspecified atom stereocenters. The standard InChI is InChI=1S/C26H38N2O7/c1-5-26(11-6-7-12-28(4)16-26)19-9-8-10-20(14-19)35-21(30)13-18(15-29)23(31)24(32)27-22(17(2)3)25(33)34/h8-10,14-15,17-18,22-23,31H,5-7,11-13,16H2,1-4H3,(H,27,32)(H,33,34)/t18?,22-,23?,26?/m0/s1. The Morgan fingerprint density at radius 2 is 1.97 bits per heavy atom. The number of hydrogen-bond acceptors (Lipinski definition) is 7. The van der Waals surface area contributed by atoms with Crippen LogP contribution in [0.1, 0.15) is 58.4 Å². The largest absolute Gasteiger partial charge is 0.480 e. The molecular formula is C26H38N2O7. The van der Waals surface area contributed by atoms with Crippen molar-refractivity contribution >= 4 is 24.1 Å². The molecule has 1 fully saturated rings. The summed E-state index contributed by atoms with van der Waals surface area (Å²) in [5, 5.41) is 21.7. The minimum absolute atomic E-state index is 0.0512. The zero-order valence-corrected chi connectivity index (χ0v) is 21.0. The lowest BCUT2D eigenvalue weighted by molar-refractivity contribution is -0.147. The van der Waals surface area contributed by atoms with E-state index in [9.17, 15) is 29.4 Å². The number of carbonyl (C=O) groups is 4. The first-order chi connectivity index (χ1) is 16.5. The van der Waals surface area contributed by atoms with Gasteiger partial charge in [-0.05, 0) is 56.5 Å². The molecule has 3 N–H and O–H groups in total. The van der Waals surface area contributed by atoms with Gasteiger partial charge in [0.1, 0.15) is 24.2 Å². The van der Waals surface area contributed by atoms with Gasteiger partial charge >= 0.3 is 11.9 Å². The third kappa shape index (κ3) is 7.60. The van der Waals surface area contributed by atoms with Gasteiger partial charge in [0.05, 0.1) is 12.3 Å². The number of likely N-dealkylation sites (tertiary alicyclic amines) is 1. The van der Waals surface area contributed by atoms with Crippen molar-refractivity contribution in [3.05, 3.63) is 29.8 Å². The van der Waals surface area contributed by atoms with Gasteiger partial charge in [-0.15, -0.1) is 0 Å². The molecule has 0 bridgehead atoms. The third-order valence-corrected chi connectivity index (χ3v) is 6.85. The number of esters is 1. The van der Waals surface area contributed by atoms with Crippen LogP contribution in [0.3, 0.4) is 0 Å². The number of hydrogen-bond donors (Lipinski definition) is 3. The lowest BCUT2D eigenvalue weighted by Crippen LogP contribution is -2.50. The number of ether oxygens (including phenoxy) is 1. The molecule has 0 aromatic heterocycles. The lowest BCUT2D eigenvalue weighted by atomic mass is 9.74. The monoisotopic (exact) mass is 490 g/mol. The average Bonchev–Trinajstić information content (AvgIpc) is 3.01. The second-order valence-corrected chi connectivity index (χ2v) is 9.85. The third-order valence-electron chi connectivity index (χ3n) is 6.85. The van der Waals surface area contributed by atoms with E-state index in [1.807, 2.05) is 18.2 Å². The van der Waals surface area contributed by atoms with E-state index in [0.29, 0.717) is 12.0 Å². The molecule has 2 rings (SSSR count). The molecule has 1 aliphatic rings. The summed E-state index contributed by atoms with van der Waals surface area (Å²) < 4.78 is 5.46. The molecule has 1 aliphatic heterocycles. The Balaban J connectivity index is 2.08. The van der Waals surface area contributed by atoms with Crippen LogP contribution in [0.5, 0.6) is 5.75 Å². The molecule has 9 nitrogen and oxygen atoms in total. The Bertz CT molecular complexity index is 903. The van der Waals surface area contributed by atoms with Gasteiger partial charge in [0.15, 0.2) is 0 Å². The van der Waals surface area contributed by atoms with Gasteiger partial charge in [0.25, 0.3) is 0 Å². The predicted octanol–water partition coefficient (Wildman–Crippen LogP) is 2.15. The van der Waals surface area contributed by atoms with E-state index >= 15 is 0 Å². The van der Waals surface area contributed by atoms with Crippen LogP contribution in [0.15, 0.2) is 24.3 Å². The van der Waals surface area contributed by atoms with E-state index < -0.39 is 48.2 Å². The molecule has 1 amide bonds. The number of aliphatic hydroxyl groups is 1. The Hall–Kier alpha value is -2.78. The summed E-state index contributed by atoms with van der Waals surface area (Å²) in [5.74, 6) is -4.53. The number of likely N-dealkylation sites (N-methyl/N-ethyl adjacent to an activating group) is 1. The molecule has 4 atom stereocenters. The maximum absolute atomic E-state index is 12.6. The highest BCUT2D eigenvalue weighted by atomic mass is 16.5. The topological polar surface area (TPSA) is 133 Å². The van der Waals surface area contributed by atoms with E-state index in [-0.39, 0.29) is 5.41 Å². The SMILES string of the molecule is CCC1(c2cccc(OC(=O)CC(C=O)C(O)C(=O)N[C@H](C(=O)O)C(C)C)c2)CCCCN(C)C1. The van der Waals surface area contributed by atoms with Gasteiger partial charge in [0.2, 0.25) is 5.91 Å². The first-order valence-electron chi connectivity index (χ1n) is 12.2. The molecule has 1 aromatic rings. The highest BCUT2D eigenvalue weighted by molar-refractivity contribution is 5.89. The Labute approximate surface area is 206 Å². The number of carbonyl (C=O) groups excluding carboxylic acids is 3. The Morgan fingerprint density at radius 3 is 2.57 bits per heavy atom. The minimum atomic E-state index is -1.88. The van der Waals surface area contributed by atoms with E-state index in [4.69, 9.17) is 4.74 Å². The number of benzene rings is 1. The molecular weight excluding hydrogens is 452 g/mol. The van der Waals surface area contributed by atoms with Gasteiger partial charge in [-0.3, -0.25) is 9.59 Å². The number of carboxylic acids is 1. The van der Waals surface area contributed by atoms with Crippen LogP contribution in [0.4, 0.5) is 0 Å². The number of nitrogens with zero attached hydrogens (tertiary/aromatic N) is 1. The maximum atomic E-state index is 12.6. The number of nitrogens with one attached hydrogen (secondary N) is 1. The summed E-state index contributed by atoms with van der Waals surface area (Å²) in [6.45, 7) is 7.31. The zero-order chi connectivity index (χ0) is 26.2. The molecule has 1 aromatic carbocycles. The fourth-order valence-corrected chi connectivity index (χ4v) is 4.68. The molecule has 35 heavy (non-hydrogen) atoms. The molecule has 9 heteroatoms. The van der Waals surface area contributed by atoms with Gasteiger partial charge in [0, 0.05) is 12.0 Å². The fraction of sp³-hybridized carbons (Fsp3) is 0.615. The summed E-state index contributed by atoms with van der Waals surface area (Å²) in [6.07, 6.45) is 2.13. The number of aliphatic hydroxyl groups excluding tert-OH is 1. The Morgan fingerprint density at radius 1 is 1.26 bits per heavy atom. The van der Waals surface area contributed by atoms with Crippen LogP contribution >= 0.6 is 0 Å². The van der Waals surface area contributed by atoms with Crippen molar-refractivity contribution in [3.8, 4) is 5.75 Å². The second-order valence-electron chi connectivity index (χ2n) is 9.85. The van der Waals surface area contributed by atoms with Crippen molar-refractivity contribution in [1.82, 2.24) is 10.2 Å². The van der Waals surface area contributed by atoms with Crippen molar-refractivity contribution in [2.45, 2.75) is 70.4 Å². The van der Waals surface area contributed by atoms with Crippen LogP contribution in [0.25, 0.3) is 0 Å². The van der Waals surface area contributed by atoms with Crippen LogP contribution in [0, 0.1) is 11.8 Å². The lowest BCUT2D eigenvalue weighted by Gasteiger charge is -2.35. The average molecular weight is 491 g/mol. The first kappa shape index (κ1) is 28.5. The smallest absolute Gasteiger partial charge is 0.326 e. The van der Waals surface area contributed by atoms with Crippen molar-refractivity contribution < 1.29 is 34.1 Å². The molecule has 1 heterocycles. The molecule has 0 saturated carbocycles. The molecule has 194 valence electrons.